The number of morpholine rings is 1. The predicted octanol–water partition coefficient (Wildman–Crippen LogP) is 1.47. The Hall–Kier alpha value is -1.34. The third kappa shape index (κ3) is 3.33. The number of nitrogens with one attached hydrogen (secondary N) is 1. The number of nitrogens with zero attached hydrogens (tertiary/aromatic N) is 1. The van der Waals surface area contributed by atoms with Crippen molar-refractivity contribution in [3.05, 3.63) is 23.9 Å². The molecule has 1 aliphatic rings. The van der Waals surface area contributed by atoms with Crippen LogP contribution >= 0.6 is 0 Å². The minimum atomic E-state index is -4.46. The third-order valence-electron chi connectivity index (χ3n) is 2.49. The summed E-state index contributed by atoms with van der Waals surface area (Å²) in [4.78, 5) is 3.61. The van der Waals surface area contributed by atoms with Gasteiger partial charge in [0.05, 0.1) is 6.61 Å². The van der Waals surface area contributed by atoms with Gasteiger partial charge in [-0.25, -0.2) is 4.98 Å². The van der Waals surface area contributed by atoms with Gasteiger partial charge in [-0.1, -0.05) is 0 Å². The summed E-state index contributed by atoms with van der Waals surface area (Å²) in [5.74, 6) is -0.404. The lowest BCUT2D eigenvalue weighted by atomic mass is 10.2. The van der Waals surface area contributed by atoms with Crippen LogP contribution in [0.3, 0.4) is 0 Å². The van der Waals surface area contributed by atoms with Crippen molar-refractivity contribution in [2.75, 3.05) is 26.3 Å². The third-order valence-corrected chi connectivity index (χ3v) is 2.49. The number of ether oxygens (including phenoxy) is 2. The van der Waals surface area contributed by atoms with Gasteiger partial charge in [-0.3, -0.25) is 0 Å². The first-order valence-corrected chi connectivity index (χ1v) is 5.54. The van der Waals surface area contributed by atoms with Gasteiger partial charge in [0, 0.05) is 19.3 Å². The van der Waals surface area contributed by atoms with Gasteiger partial charge in [0.1, 0.15) is 18.3 Å². The number of aromatic nitrogens is 1. The van der Waals surface area contributed by atoms with Crippen LogP contribution in [0.5, 0.6) is 5.88 Å². The van der Waals surface area contributed by atoms with Crippen LogP contribution in [-0.4, -0.2) is 37.4 Å². The van der Waals surface area contributed by atoms with Crippen LogP contribution in [0, 0.1) is 0 Å². The molecule has 1 fully saturated rings. The number of hydrogen-bond donors (Lipinski definition) is 1. The van der Waals surface area contributed by atoms with Crippen molar-refractivity contribution in [2.45, 2.75) is 12.3 Å². The molecule has 2 rings (SSSR count). The van der Waals surface area contributed by atoms with Gasteiger partial charge < -0.3 is 14.8 Å². The fourth-order valence-electron chi connectivity index (χ4n) is 1.62. The van der Waals surface area contributed by atoms with E-state index in [4.69, 9.17) is 9.47 Å². The van der Waals surface area contributed by atoms with E-state index in [0.29, 0.717) is 13.2 Å². The molecule has 1 saturated heterocycles. The zero-order chi connectivity index (χ0) is 13.0. The lowest BCUT2D eigenvalue weighted by Gasteiger charge is -2.23. The van der Waals surface area contributed by atoms with Crippen LogP contribution in [0.4, 0.5) is 13.2 Å². The first kappa shape index (κ1) is 13.1. The minimum Gasteiger partial charge on any atom is -0.474 e. The van der Waals surface area contributed by atoms with Crippen LogP contribution in [-0.2, 0) is 10.9 Å². The zero-order valence-electron chi connectivity index (χ0n) is 9.54. The molecular formula is C11H13F3N2O2. The number of rotatable bonds is 3. The molecule has 1 aliphatic heterocycles. The van der Waals surface area contributed by atoms with Gasteiger partial charge in [-0.2, -0.15) is 13.2 Å². The summed E-state index contributed by atoms with van der Waals surface area (Å²) in [6.07, 6.45) is -3.44. The van der Waals surface area contributed by atoms with Crippen molar-refractivity contribution in [1.29, 1.82) is 0 Å². The molecule has 1 aromatic rings. The Balaban J connectivity index is 2.00. The normalized spacial score (nSPS) is 20.7. The molecule has 0 bridgehead atoms. The highest BCUT2D eigenvalue weighted by Crippen LogP contribution is 2.34. The molecule has 0 aromatic carbocycles. The van der Waals surface area contributed by atoms with Crippen LogP contribution in [0.2, 0.25) is 0 Å². The molecule has 0 spiro atoms. The smallest absolute Gasteiger partial charge is 0.421 e. The fourth-order valence-corrected chi connectivity index (χ4v) is 1.62. The van der Waals surface area contributed by atoms with Crippen molar-refractivity contribution in [2.24, 2.45) is 0 Å². The molecule has 100 valence electrons. The summed E-state index contributed by atoms with van der Waals surface area (Å²) in [5, 5.41) is 3.07. The van der Waals surface area contributed by atoms with E-state index in [1.54, 1.807) is 0 Å². The van der Waals surface area contributed by atoms with E-state index < -0.39 is 17.6 Å². The number of halogens is 3. The SMILES string of the molecule is FC(F)(F)c1cccnc1OCC1CNCCO1. The number of hydrogen-bond acceptors (Lipinski definition) is 4. The standard InChI is InChI=1S/C11H13F3N2O2/c12-11(13,14)9-2-1-3-16-10(9)18-7-8-6-15-4-5-17-8/h1-3,8,15H,4-7H2. The van der Waals surface area contributed by atoms with E-state index in [0.717, 1.165) is 12.6 Å². The van der Waals surface area contributed by atoms with E-state index in [1.807, 2.05) is 0 Å². The largest absolute Gasteiger partial charge is 0.474 e. The van der Waals surface area contributed by atoms with Crippen molar-refractivity contribution < 1.29 is 22.6 Å². The zero-order valence-corrected chi connectivity index (χ0v) is 9.54. The highest BCUT2D eigenvalue weighted by Gasteiger charge is 2.35. The van der Waals surface area contributed by atoms with E-state index in [9.17, 15) is 13.2 Å². The molecule has 1 atom stereocenters. The highest BCUT2D eigenvalue weighted by atomic mass is 19.4. The van der Waals surface area contributed by atoms with E-state index >= 15 is 0 Å². The lowest BCUT2D eigenvalue weighted by Crippen LogP contribution is -2.41. The van der Waals surface area contributed by atoms with Crippen LogP contribution in [0.15, 0.2) is 18.3 Å². The van der Waals surface area contributed by atoms with Gasteiger partial charge in [-0.05, 0) is 12.1 Å². The topological polar surface area (TPSA) is 43.4 Å². The number of pyridine rings is 1. The Morgan fingerprint density at radius 1 is 1.50 bits per heavy atom. The average molecular weight is 262 g/mol. The molecule has 0 radical (unpaired) electrons. The average Bonchev–Trinajstić information content (AvgIpc) is 2.37. The van der Waals surface area contributed by atoms with Crippen LogP contribution < -0.4 is 10.1 Å². The van der Waals surface area contributed by atoms with E-state index in [1.165, 1.54) is 12.3 Å². The minimum absolute atomic E-state index is 0.0487. The Labute approximate surface area is 102 Å². The maximum atomic E-state index is 12.7. The molecule has 2 heterocycles. The first-order chi connectivity index (χ1) is 8.57. The van der Waals surface area contributed by atoms with Gasteiger partial charge in [-0.15, -0.1) is 0 Å². The summed E-state index contributed by atoms with van der Waals surface area (Å²) in [6.45, 7) is 1.89. The molecule has 1 unspecified atom stereocenters. The molecular weight excluding hydrogens is 249 g/mol. The molecule has 18 heavy (non-hydrogen) atoms. The highest BCUT2D eigenvalue weighted by molar-refractivity contribution is 5.28. The van der Waals surface area contributed by atoms with Crippen LogP contribution in [0.25, 0.3) is 0 Å². The molecule has 0 aliphatic carbocycles. The molecule has 1 aromatic heterocycles. The summed E-state index contributed by atoms with van der Waals surface area (Å²) < 4.78 is 48.4. The van der Waals surface area contributed by atoms with Gasteiger partial charge in [0.25, 0.3) is 0 Å². The lowest BCUT2D eigenvalue weighted by molar-refractivity contribution is -0.139. The Kier molecular flexibility index (Phi) is 4.03. The maximum Gasteiger partial charge on any atom is 0.421 e. The van der Waals surface area contributed by atoms with Crippen molar-refractivity contribution in [3.63, 3.8) is 0 Å². The Morgan fingerprint density at radius 3 is 3.00 bits per heavy atom. The molecule has 7 heteroatoms. The van der Waals surface area contributed by atoms with Crippen molar-refractivity contribution >= 4 is 0 Å². The summed E-state index contributed by atoms with van der Waals surface area (Å²) in [5.41, 5.74) is -0.867. The molecule has 1 N–H and O–H groups in total. The van der Waals surface area contributed by atoms with E-state index in [2.05, 4.69) is 10.3 Å². The van der Waals surface area contributed by atoms with Gasteiger partial charge in [0.15, 0.2) is 0 Å². The maximum absolute atomic E-state index is 12.7. The van der Waals surface area contributed by atoms with E-state index in [-0.39, 0.29) is 12.7 Å². The second kappa shape index (κ2) is 5.53. The van der Waals surface area contributed by atoms with Gasteiger partial charge in [0.2, 0.25) is 5.88 Å². The number of alkyl halides is 3. The predicted molar refractivity (Wildman–Crippen MR) is 57.3 cm³/mol. The molecule has 0 amide bonds. The van der Waals surface area contributed by atoms with Crippen molar-refractivity contribution in [1.82, 2.24) is 10.3 Å². The molecule has 0 saturated carbocycles. The van der Waals surface area contributed by atoms with Crippen molar-refractivity contribution in [3.8, 4) is 5.88 Å². The summed E-state index contributed by atoms with van der Waals surface area (Å²) in [7, 11) is 0. The Morgan fingerprint density at radius 2 is 2.33 bits per heavy atom. The summed E-state index contributed by atoms with van der Waals surface area (Å²) in [6, 6.07) is 2.18. The molecule has 4 nitrogen and oxygen atoms in total. The monoisotopic (exact) mass is 262 g/mol. The first-order valence-electron chi connectivity index (χ1n) is 5.54. The van der Waals surface area contributed by atoms with Crippen LogP contribution in [0.1, 0.15) is 5.56 Å². The summed E-state index contributed by atoms with van der Waals surface area (Å²) >= 11 is 0. The van der Waals surface area contributed by atoms with Gasteiger partial charge >= 0.3 is 6.18 Å². The second-order valence-electron chi connectivity index (χ2n) is 3.86. The Bertz CT molecular complexity index is 392. The second-order valence-corrected chi connectivity index (χ2v) is 3.86. The fraction of sp³-hybridized carbons (Fsp3) is 0.545. The quantitative estimate of drug-likeness (QED) is 0.895.